The number of fused-ring (bicyclic) bond motifs is 2. The molecule has 7 heteroatoms. The molecule has 1 aromatic carbocycles. The molecule has 2 amide bonds. The summed E-state index contributed by atoms with van der Waals surface area (Å²) < 4.78 is 0. The fourth-order valence-corrected chi connectivity index (χ4v) is 4.22. The first-order valence-electron chi connectivity index (χ1n) is 9.59. The molecule has 1 heterocycles. The average Bonchev–Trinajstić information content (AvgIpc) is 3.30. The van der Waals surface area contributed by atoms with Crippen LogP contribution in [0.1, 0.15) is 54.6 Å². The number of primary amides is 1. The van der Waals surface area contributed by atoms with Crippen LogP contribution in [-0.4, -0.2) is 16.1 Å². The molecular formula is C21H28N4O2S. The zero-order valence-corrected chi connectivity index (χ0v) is 17.2. The number of carbonyl (C=O) groups is 1. The van der Waals surface area contributed by atoms with Crippen LogP contribution in [0, 0.1) is 0 Å². The topological polar surface area (TPSA) is 114 Å². The van der Waals surface area contributed by atoms with E-state index in [0.29, 0.717) is 5.69 Å². The van der Waals surface area contributed by atoms with E-state index in [1.165, 1.54) is 35.1 Å². The van der Waals surface area contributed by atoms with Crippen LogP contribution >= 0.6 is 11.9 Å². The van der Waals surface area contributed by atoms with Gasteiger partial charge >= 0.3 is 6.03 Å². The maximum absolute atomic E-state index is 11.1. The molecule has 150 valence electrons. The van der Waals surface area contributed by atoms with Crippen LogP contribution in [0.4, 0.5) is 10.5 Å². The summed E-state index contributed by atoms with van der Waals surface area (Å²) in [5.74, 6) is 0. The zero-order chi connectivity index (χ0) is 20.3. The summed E-state index contributed by atoms with van der Waals surface area (Å²) in [5, 5.41) is 18.5. The predicted molar refractivity (Wildman–Crippen MR) is 113 cm³/mol. The minimum atomic E-state index is -0.897. The van der Waals surface area contributed by atoms with E-state index in [-0.39, 0.29) is 0 Å². The Morgan fingerprint density at radius 2 is 1.75 bits per heavy atom. The molecular weight excluding hydrogens is 372 g/mol. The molecule has 0 fully saturated rings. The number of pyridine rings is 1. The molecule has 0 aliphatic heterocycles. The van der Waals surface area contributed by atoms with Gasteiger partial charge in [0.25, 0.3) is 0 Å². The van der Waals surface area contributed by atoms with Crippen LogP contribution in [0.2, 0.25) is 0 Å². The minimum Gasteiger partial charge on any atom is -0.384 e. The number of nitrogens with one attached hydrogen (secondary N) is 1. The van der Waals surface area contributed by atoms with E-state index in [0.717, 1.165) is 48.3 Å². The molecule has 1 aromatic heterocycles. The molecule has 0 spiro atoms. The molecule has 0 atom stereocenters. The van der Waals surface area contributed by atoms with Gasteiger partial charge in [-0.15, -0.1) is 0 Å². The number of aryl methyl sites for hydroxylation is 2. The van der Waals surface area contributed by atoms with Gasteiger partial charge in [-0.05, 0) is 98.7 Å². The lowest BCUT2D eigenvalue weighted by Gasteiger charge is -2.16. The predicted octanol–water partition coefficient (Wildman–Crippen LogP) is 3.43. The van der Waals surface area contributed by atoms with Gasteiger partial charge < -0.3 is 16.2 Å². The van der Waals surface area contributed by atoms with E-state index in [1.54, 1.807) is 26.0 Å². The smallest absolute Gasteiger partial charge is 0.316 e. The molecule has 6 N–H and O–H groups in total. The summed E-state index contributed by atoms with van der Waals surface area (Å²) in [5.41, 5.74) is 11.5. The quantitative estimate of drug-likeness (QED) is 0.589. The van der Waals surface area contributed by atoms with Crippen molar-refractivity contribution in [3.8, 4) is 0 Å². The SMILES string of the molecule is CC(C)(O)c1cccc(SN)n1.NC(=O)Nc1c2c(cc3c1CCC3)CCC2. The second-order valence-electron chi connectivity index (χ2n) is 7.76. The monoisotopic (exact) mass is 400 g/mol. The molecule has 0 radical (unpaired) electrons. The Balaban J connectivity index is 0.000000169. The normalized spacial score (nSPS) is 14.7. The van der Waals surface area contributed by atoms with Gasteiger partial charge in [-0.1, -0.05) is 12.1 Å². The van der Waals surface area contributed by atoms with E-state index in [2.05, 4.69) is 16.4 Å². The van der Waals surface area contributed by atoms with E-state index in [4.69, 9.17) is 10.9 Å². The highest BCUT2D eigenvalue weighted by molar-refractivity contribution is 7.97. The third-order valence-electron chi connectivity index (χ3n) is 5.19. The van der Waals surface area contributed by atoms with Gasteiger partial charge in [0.2, 0.25) is 0 Å². The van der Waals surface area contributed by atoms with E-state index in [1.807, 2.05) is 6.07 Å². The lowest BCUT2D eigenvalue weighted by molar-refractivity contribution is 0.0732. The van der Waals surface area contributed by atoms with Gasteiger partial charge in [0.15, 0.2) is 0 Å². The molecule has 4 rings (SSSR count). The number of nitrogens with two attached hydrogens (primary N) is 2. The van der Waals surface area contributed by atoms with Gasteiger partial charge in [0, 0.05) is 5.69 Å². The van der Waals surface area contributed by atoms with Crippen molar-refractivity contribution in [1.29, 1.82) is 0 Å². The molecule has 6 nitrogen and oxygen atoms in total. The van der Waals surface area contributed by atoms with Crippen molar-refractivity contribution in [2.24, 2.45) is 10.9 Å². The average molecular weight is 401 g/mol. The number of rotatable bonds is 3. The largest absolute Gasteiger partial charge is 0.384 e. The highest BCUT2D eigenvalue weighted by Gasteiger charge is 2.24. The first-order valence-corrected chi connectivity index (χ1v) is 10.5. The lowest BCUT2D eigenvalue weighted by atomic mass is 9.99. The summed E-state index contributed by atoms with van der Waals surface area (Å²) in [6.45, 7) is 3.39. The number of hydrogen-bond acceptors (Lipinski definition) is 5. The Morgan fingerprint density at radius 1 is 1.14 bits per heavy atom. The minimum absolute atomic E-state index is 0.436. The maximum atomic E-state index is 11.1. The Labute approximate surface area is 170 Å². The van der Waals surface area contributed by atoms with Crippen molar-refractivity contribution >= 4 is 23.7 Å². The van der Waals surface area contributed by atoms with Crippen LogP contribution < -0.4 is 16.2 Å². The van der Waals surface area contributed by atoms with Crippen LogP contribution in [0.3, 0.4) is 0 Å². The molecule has 28 heavy (non-hydrogen) atoms. The number of amides is 2. The standard InChI is InChI=1S/C13H16N2O.C8H12N2OS/c14-13(16)15-12-10-5-1-3-8(10)7-9-4-2-6-11(9)12;1-8(2,11)6-4-3-5-7(10-6)12-9/h7H,1-6H2,(H3,14,15,16);3-5,11H,9H2,1-2H3. The zero-order valence-electron chi connectivity index (χ0n) is 16.4. The van der Waals surface area contributed by atoms with Crippen molar-refractivity contribution < 1.29 is 9.90 Å². The van der Waals surface area contributed by atoms with E-state index < -0.39 is 11.6 Å². The number of aromatic nitrogens is 1. The van der Waals surface area contributed by atoms with Crippen molar-refractivity contribution in [2.75, 3.05) is 5.32 Å². The summed E-state index contributed by atoms with van der Waals surface area (Å²) in [6.07, 6.45) is 6.86. The van der Waals surface area contributed by atoms with Crippen LogP contribution in [0.5, 0.6) is 0 Å². The highest BCUT2D eigenvalue weighted by Crippen LogP contribution is 2.38. The Morgan fingerprint density at radius 3 is 2.25 bits per heavy atom. The number of nitrogens with zero attached hydrogens (tertiary/aromatic N) is 1. The maximum Gasteiger partial charge on any atom is 0.316 e. The van der Waals surface area contributed by atoms with Crippen molar-refractivity contribution in [3.05, 3.63) is 52.2 Å². The molecule has 2 aliphatic rings. The van der Waals surface area contributed by atoms with Gasteiger partial charge in [0.05, 0.1) is 5.69 Å². The molecule has 0 saturated carbocycles. The van der Waals surface area contributed by atoms with Gasteiger partial charge in [-0.3, -0.25) is 5.14 Å². The van der Waals surface area contributed by atoms with E-state index >= 15 is 0 Å². The van der Waals surface area contributed by atoms with Gasteiger partial charge in [-0.2, -0.15) is 0 Å². The highest BCUT2D eigenvalue weighted by atomic mass is 32.2. The van der Waals surface area contributed by atoms with E-state index in [9.17, 15) is 9.90 Å². The van der Waals surface area contributed by atoms with Crippen LogP contribution in [0.25, 0.3) is 0 Å². The fraction of sp³-hybridized carbons (Fsp3) is 0.429. The Hall–Kier alpha value is -2.09. The summed E-state index contributed by atoms with van der Waals surface area (Å²) in [6, 6.07) is 7.32. The number of carbonyl (C=O) groups excluding carboxylic acids is 1. The molecule has 2 aliphatic carbocycles. The number of anilines is 1. The molecule has 0 bridgehead atoms. The first kappa shape index (κ1) is 20.6. The molecule has 0 unspecified atom stereocenters. The summed E-state index contributed by atoms with van der Waals surface area (Å²) in [4.78, 5) is 15.2. The van der Waals surface area contributed by atoms with Crippen LogP contribution in [-0.2, 0) is 31.3 Å². The number of urea groups is 1. The number of benzene rings is 1. The second kappa shape index (κ2) is 8.51. The number of hydrogen-bond donors (Lipinski definition) is 4. The third-order valence-corrected chi connectivity index (χ3v) is 5.66. The summed E-state index contributed by atoms with van der Waals surface area (Å²) in [7, 11) is 0. The fourth-order valence-electron chi connectivity index (χ4n) is 3.91. The molecule has 2 aromatic rings. The lowest BCUT2D eigenvalue weighted by Crippen LogP contribution is -2.21. The van der Waals surface area contributed by atoms with Crippen molar-refractivity contribution in [1.82, 2.24) is 4.98 Å². The molecule has 0 saturated heterocycles. The van der Waals surface area contributed by atoms with Gasteiger partial charge in [-0.25, -0.2) is 9.78 Å². The van der Waals surface area contributed by atoms with Crippen molar-refractivity contribution in [3.63, 3.8) is 0 Å². The first-order chi connectivity index (χ1) is 13.3. The second-order valence-corrected chi connectivity index (χ2v) is 8.42. The third kappa shape index (κ3) is 4.66. The van der Waals surface area contributed by atoms with Crippen molar-refractivity contribution in [2.45, 2.75) is 63.0 Å². The summed E-state index contributed by atoms with van der Waals surface area (Å²) >= 11 is 1.08. The van der Waals surface area contributed by atoms with Crippen LogP contribution in [0.15, 0.2) is 29.3 Å². The van der Waals surface area contributed by atoms with Gasteiger partial charge in [0.1, 0.15) is 10.6 Å². The Kier molecular flexibility index (Phi) is 6.27. The number of aliphatic hydroxyl groups is 1. The Bertz CT molecular complexity index is 845.